The number of aryl methyl sites for hydroxylation is 1. The van der Waals surface area contributed by atoms with E-state index in [0.29, 0.717) is 11.4 Å². The van der Waals surface area contributed by atoms with E-state index in [9.17, 15) is 19.5 Å². The predicted octanol–water partition coefficient (Wildman–Crippen LogP) is 1.17. The Bertz CT molecular complexity index is 1140. The molecule has 1 unspecified atom stereocenters. The fourth-order valence-electron chi connectivity index (χ4n) is 4.86. The van der Waals surface area contributed by atoms with Gasteiger partial charge in [-0.2, -0.15) is 4.98 Å². The van der Waals surface area contributed by atoms with Gasteiger partial charge in [-0.05, 0) is 61.8 Å². The van der Waals surface area contributed by atoms with Gasteiger partial charge in [0.2, 0.25) is 5.95 Å². The molecule has 0 saturated carbocycles. The summed E-state index contributed by atoms with van der Waals surface area (Å²) in [6.45, 7) is 1.65. The van der Waals surface area contributed by atoms with E-state index >= 15 is 0 Å². The Morgan fingerprint density at radius 1 is 1.18 bits per heavy atom. The van der Waals surface area contributed by atoms with Crippen molar-refractivity contribution in [1.29, 1.82) is 0 Å². The van der Waals surface area contributed by atoms with E-state index in [4.69, 9.17) is 16.6 Å². The first-order valence-electron chi connectivity index (χ1n) is 11.3. The van der Waals surface area contributed by atoms with E-state index in [1.807, 2.05) is 6.07 Å². The molecule has 0 saturated heterocycles. The van der Waals surface area contributed by atoms with Crippen molar-refractivity contribution in [2.45, 2.75) is 50.5 Å². The number of aromatic nitrogens is 2. The summed E-state index contributed by atoms with van der Waals surface area (Å²) < 4.78 is 0. The van der Waals surface area contributed by atoms with Crippen molar-refractivity contribution in [2.24, 2.45) is 0 Å². The number of nitrogens with two attached hydrogens (primary N) is 2. The number of nitrogen functional groups attached to an aromatic ring is 2. The minimum Gasteiger partial charge on any atom is -0.481 e. The predicted molar refractivity (Wildman–Crippen MR) is 125 cm³/mol. The third-order valence-corrected chi connectivity index (χ3v) is 6.54. The summed E-state index contributed by atoms with van der Waals surface area (Å²) in [5.41, 5.74) is 16.2. The first-order chi connectivity index (χ1) is 16.2. The molecule has 11 nitrogen and oxygen atoms in total. The molecule has 2 aromatic rings. The maximum absolute atomic E-state index is 12.6. The molecule has 4 rings (SSSR count). The van der Waals surface area contributed by atoms with Gasteiger partial charge in [-0.25, -0.2) is 9.78 Å². The molecule has 180 valence electrons. The minimum atomic E-state index is -1.26. The average molecular weight is 469 g/mol. The summed E-state index contributed by atoms with van der Waals surface area (Å²) in [5.74, 6) is -1.95. The Kier molecular flexibility index (Phi) is 6.53. The average Bonchev–Trinajstić information content (AvgIpc) is 3.38. The Labute approximate surface area is 196 Å². The molecule has 7 N–H and O–H groups in total. The van der Waals surface area contributed by atoms with Crippen molar-refractivity contribution in [3.05, 3.63) is 40.6 Å². The summed E-state index contributed by atoms with van der Waals surface area (Å²) in [6.07, 6.45) is 2.96. The number of nitrogens with one attached hydrogen (secondary N) is 1. The number of benzene rings is 1. The highest BCUT2D eigenvalue weighted by molar-refractivity contribution is 5.97. The van der Waals surface area contributed by atoms with Gasteiger partial charge < -0.3 is 31.9 Å². The molecule has 1 amide bonds. The van der Waals surface area contributed by atoms with Crippen LogP contribution in [0.2, 0.25) is 0 Å². The standard InChI is InChI=1S/C23H28N6O5/c24-20-19-12(1-3-15(19)27-23(25)28-20)7-9-29-10-8-13-11-14(2-5-17(13)29)21(32)26-16(22(33)34)4-6-18(30)31/h2,5,11-12,16H,1,3-4,6-10H2,(H,26,32)(H,30,31)(H,33,34)(H4,24,25,27,28)/t12?,16-/m0/s1. The minimum absolute atomic E-state index is 0.179. The smallest absolute Gasteiger partial charge is 0.326 e. The highest BCUT2D eigenvalue weighted by Gasteiger charge is 2.29. The van der Waals surface area contributed by atoms with E-state index in [1.54, 1.807) is 12.1 Å². The maximum atomic E-state index is 12.6. The molecule has 0 radical (unpaired) electrons. The summed E-state index contributed by atoms with van der Waals surface area (Å²) in [5, 5.41) is 20.5. The maximum Gasteiger partial charge on any atom is 0.326 e. The normalized spacial score (nSPS) is 17.2. The molecule has 0 bridgehead atoms. The molecular formula is C23H28N6O5. The fourth-order valence-corrected chi connectivity index (χ4v) is 4.86. The molecule has 34 heavy (non-hydrogen) atoms. The Hall–Kier alpha value is -3.89. The van der Waals surface area contributed by atoms with Crippen LogP contribution in [0, 0.1) is 0 Å². The largest absolute Gasteiger partial charge is 0.481 e. The zero-order valence-corrected chi connectivity index (χ0v) is 18.7. The zero-order chi connectivity index (χ0) is 24.4. The number of nitrogens with zero attached hydrogens (tertiary/aromatic N) is 3. The van der Waals surface area contributed by atoms with Crippen LogP contribution in [0.15, 0.2) is 18.2 Å². The van der Waals surface area contributed by atoms with E-state index in [0.717, 1.165) is 61.3 Å². The number of amides is 1. The second-order valence-corrected chi connectivity index (χ2v) is 8.73. The molecule has 2 atom stereocenters. The van der Waals surface area contributed by atoms with Gasteiger partial charge in [-0.1, -0.05) is 0 Å². The number of carboxylic acid groups (broad SMARTS) is 2. The summed E-state index contributed by atoms with van der Waals surface area (Å²) >= 11 is 0. The monoisotopic (exact) mass is 468 g/mol. The highest BCUT2D eigenvalue weighted by Crippen LogP contribution is 2.39. The van der Waals surface area contributed by atoms with Gasteiger partial charge in [0.1, 0.15) is 11.9 Å². The zero-order valence-electron chi connectivity index (χ0n) is 18.7. The van der Waals surface area contributed by atoms with Crippen molar-refractivity contribution in [1.82, 2.24) is 15.3 Å². The molecule has 1 aromatic heterocycles. The Morgan fingerprint density at radius 3 is 2.71 bits per heavy atom. The summed E-state index contributed by atoms with van der Waals surface area (Å²) in [7, 11) is 0. The number of fused-ring (bicyclic) bond motifs is 2. The lowest BCUT2D eigenvalue weighted by Crippen LogP contribution is -2.41. The van der Waals surface area contributed by atoms with Crippen molar-refractivity contribution >= 4 is 35.3 Å². The molecule has 2 aliphatic rings. The number of anilines is 3. The van der Waals surface area contributed by atoms with E-state index in [2.05, 4.69) is 20.2 Å². The van der Waals surface area contributed by atoms with Crippen LogP contribution in [0.4, 0.5) is 17.5 Å². The van der Waals surface area contributed by atoms with E-state index < -0.39 is 23.9 Å². The molecule has 1 aromatic carbocycles. The van der Waals surface area contributed by atoms with Crippen LogP contribution in [0.5, 0.6) is 0 Å². The summed E-state index contributed by atoms with van der Waals surface area (Å²) in [4.78, 5) is 45.4. The lowest BCUT2D eigenvalue weighted by molar-refractivity contribution is -0.140. The first-order valence-corrected chi connectivity index (χ1v) is 11.3. The molecule has 11 heteroatoms. The first kappa shape index (κ1) is 23.3. The SMILES string of the molecule is Nc1nc(N)c2c(n1)CCC2CCN1CCc2cc(C(=O)N[C@@H](CCC(=O)O)C(=O)O)ccc21. The van der Waals surface area contributed by atoms with Crippen LogP contribution in [0.3, 0.4) is 0 Å². The van der Waals surface area contributed by atoms with Gasteiger partial charge in [0, 0.05) is 36.3 Å². The molecule has 1 aliphatic heterocycles. The number of hydrogen-bond donors (Lipinski definition) is 5. The van der Waals surface area contributed by atoms with Gasteiger partial charge in [0.25, 0.3) is 5.91 Å². The fraction of sp³-hybridized carbons (Fsp3) is 0.435. The topological polar surface area (TPSA) is 185 Å². The van der Waals surface area contributed by atoms with Gasteiger partial charge in [-0.15, -0.1) is 0 Å². The third kappa shape index (κ3) is 4.87. The van der Waals surface area contributed by atoms with E-state index in [-0.39, 0.29) is 24.7 Å². The van der Waals surface area contributed by atoms with Crippen molar-refractivity contribution < 1.29 is 24.6 Å². The molecule has 0 spiro atoms. The van der Waals surface area contributed by atoms with Gasteiger partial charge in [-0.3, -0.25) is 9.59 Å². The second kappa shape index (κ2) is 9.54. The number of carboxylic acids is 2. The van der Waals surface area contributed by atoms with Crippen LogP contribution in [0.1, 0.15) is 58.8 Å². The van der Waals surface area contributed by atoms with Crippen molar-refractivity contribution in [3.63, 3.8) is 0 Å². The van der Waals surface area contributed by atoms with Crippen LogP contribution >= 0.6 is 0 Å². The number of carbonyl (C=O) groups excluding carboxylic acids is 1. The Balaban J connectivity index is 1.39. The lowest BCUT2D eigenvalue weighted by atomic mass is 9.99. The molecule has 1 aliphatic carbocycles. The molecule has 2 heterocycles. The molecular weight excluding hydrogens is 440 g/mol. The second-order valence-electron chi connectivity index (χ2n) is 8.73. The van der Waals surface area contributed by atoms with Crippen LogP contribution in [0.25, 0.3) is 0 Å². The van der Waals surface area contributed by atoms with Crippen LogP contribution in [-0.2, 0) is 22.4 Å². The van der Waals surface area contributed by atoms with Gasteiger partial charge >= 0.3 is 11.9 Å². The van der Waals surface area contributed by atoms with Crippen LogP contribution in [-0.4, -0.2) is 57.2 Å². The number of hydrogen-bond acceptors (Lipinski definition) is 8. The van der Waals surface area contributed by atoms with Gasteiger partial charge in [0.05, 0.1) is 5.69 Å². The third-order valence-electron chi connectivity index (χ3n) is 6.54. The number of aliphatic carboxylic acids is 2. The quantitative estimate of drug-likeness (QED) is 0.358. The number of carbonyl (C=O) groups is 3. The lowest BCUT2D eigenvalue weighted by Gasteiger charge is -2.22. The Morgan fingerprint density at radius 2 is 1.97 bits per heavy atom. The van der Waals surface area contributed by atoms with Crippen molar-refractivity contribution in [3.8, 4) is 0 Å². The number of rotatable bonds is 9. The molecule has 0 fully saturated rings. The highest BCUT2D eigenvalue weighted by atomic mass is 16.4. The van der Waals surface area contributed by atoms with Crippen LogP contribution < -0.4 is 21.7 Å². The summed E-state index contributed by atoms with van der Waals surface area (Å²) in [6, 6.07) is 4.07. The van der Waals surface area contributed by atoms with E-state index in [1.165, 1.54) is 0 Å². The van der Waals surface area contributed by atoms with Crippen molar-refractivity contribution in [2.75, 3.05) is 29.5 Å². The van der Waals surface area contributed by atoms with Gasteiger partial charge in [0.15, 0.2) is 0 Å².